The Morgan fingerprint density at radius 1 is 0.960 bits per heavy atom. The van der Waals surface area contributed by atoms with Gasteiger partial charge in [-0.25, -0.2) is 4.98 Å². The Hall–Kier alpha value is -2.86. The Balaban J connectivity index is 1.63. The third kappa shape index (κ3) is 4.58. The molecule has 0 saturated heterocycles. The number of nitrogens with zero attached hydrogens (tertiary/aromatic N) is 1. The third-order valence-electron chi connectivity index (χ3n) is 3.49. The number of aromatic nitrogens is 1. The van der Waals surface area contributed by atoms with Crippen molar-refractivity contribution in [1.29, 1.82) is 0 Å². The maximum Gasteiger partial charge on any atom is 0.256 e. The summed E-state index contributed by atoms with van der Waals surface area (Å²) in [6.45, 7) is 0. The number of methoxy groups -OCH3 is 1. The predicted octanol–water partition coefficient (Wildman–Crippen LogP) is 4.85. The highest BCUT2D eigenvalue weighted by molar-refractivity contribution is 9.10. The van der Waals surface area contributed by atoms with E-state index in [1.807, 2.05) is 42.5 Å². The summed E-state index contributed by atoms with van der Waals surface area (Å²) in [4.78, 5) is 16.4. The first-order chi connectivity index (χ1) is 12.1. The fourth-order valence-corrected chi connectivity index (χ4v) is 2.44. The van der Waals surface area contributed by atoms with Gasteiger partial charge in [-0.3, -0.25) is 4.79 Å². The molecule has 2 N–H and O–H groups in total. The third-order valence-corrected chi connectivity index (χ3v) is 4.02. The smallest absolute Gasteiger partial charge is 0.256 e. The molecule has 1 heterocycles. The van der Waals surface area contributed by atoms with E-state index in [0.717, 1.165) is 21.6 Å². The van der Waals surface area contributed by atoms with Crippen LogP contribution >= 0.6 is 15.9 Å². The molecule has 0 saturated carbocycles. The summed E-state index contributed by atoms with van der Waals surface area (Å²) in [6, 6.07) is 18.3. The van der Waals surface area contributed by atoms with E-state index in [1.165, 1.54) is 0 Å². The van der Waals surface area contributed by atoms with Gasteiger partial charge in [0.25, 0.3) is 5.91 Å². The first-order valence-electron chi connectivity index (χ1n) is 7.58. The van der Waals surface area contributed by atoms with Gasteiger partial charge in [-0.15, -0.1) is 0 Å². The molecule has 126 valence electrons. The van der Waals surface area contributed by atoms with E-state index in [1.54, 1.807) is 31.5 Å². The molecule has 3 rings (SSSR count). The molecule has 3 aromatic rings. The number of hydrogen-bond donors (Lipinski definition) is 2. The molecule has 6 heteroatoms. The lowest BCUT2D eigenvalue weighted by atomic mass is 10.2. The molecule has 5 nitrogen and oxygen atoms in total. The van der Waals surface area contributed by atoms with Crippen LogP contribution in [-0.4, -0.2) is 18.0 Å². The average Bonchev–Trinajstić information content (AvgIpc) is 2.64. The maximum atomic E-state index is 12.2. The molecule has 0 atom stereocenters. The van der Waals surface area contributed by atoms with Gasteiger partial charge in [0.05, 0.1) is 19.0 Å². The minimum atomic E-state index is -0.198. The molecule has 0 fully saturated rings. The Bertz CT molecular complexity index is 847. The lowest BCUT2D eigenvalue weighted by molar-refractivity contribution is 0.102. The molecule has 0 aliphatic rings. The van der Waals surface area contributed by atoms with E-state index in [9.17, 15) is 4.79 Å². The summed E-state index contributed by atoms with van der Waals surface area (Å²) in [7, 11) is 1.63. The number of halogens is 1. The van der Waals surface area contributed by atoms with Crippen molar-refractivity contribution in [1.82, 2.24) is 4.98 Å². The second-order valence-electron chi connectivity index (χ2n) is 5.25. The van der Waals surface area contributed by atoms with Gasteiger partial charge < -0.3 is 15.4 Å². The van der Waals surface area contributed by atoms with Gasteiger partial charge in [0, 0.05) is 15.7 Å². The standard InChI is InChI=1S/C19H16BrN3O2/c1-25-17-9-6-15(7-10-17)22-16-8-11-18(21-12-16)23-19(24)13-2-4-14(20)5-3-13/h2-12,22H,1H3,(H,21,23,24). The van der Waals surface area contributed by atoms with Crippen molar-refractivity contribution in [3.63, 3.8) is 0 Å². The van der Waals surface area contributed by atoms with Crippen LogP contribution in [0.1, 0.15) is 10.4 Å². The molecule has 0 radical (unpaired) electrons. The van der Waals surface area contributed by atoms with Crippen LogP contribution in [0.3, 0.4) is 0 Å². The monoisotopic (exact) mass is 397 g/mol. The number of carbonyl (C=O) groups excluding carboxylic acids is 1. The minimum absolute atomic E-state index is 0.198. The Kier molecular flexibility index (Phi) is 5.30. The van der Waals surface area contributed by atoms with Crippen LogP contribution in [0.15, 0.2) is 71.3 Å². The van der Waals surface area contributed by atoms with Crippen LogP contribution in [0.2, 0.25) is 0 Å². The number of anilines is 3. The van der Waals surface area contributed by atoms with E-state index in [2.05, 4.69) is 31.5 Å². The predicted molar refractivity (Wildman–Crippen MR) is 103 cm³/mol. The zero-order chi connectivity index (χ0) is 17.6. The zero-order valence-corrected chi connectivity index (χ0v) is 15.1. The topological polar surface area (TPSA) is 63.2 Å². The lowest BCUT2D eigenvalue weighted by Gasteiger charge is -2.09. The largest absolute Gasteiger partial charge is 0.497 e. The summed E-state index contributed by atoms with van der Waals surface area (Å²) in [5, 5.41) is 6.01. The zero-order valence-electron chi connectivity index (χ0n) is 13.5. The van der Waals surface area contributed by atoms with E-state index >= 15 is 0 Å². The van der Waals surface area contributed by atoms with Gasteiger partial charge >= 0.3 is 0 Å². The Morgan fingerprint density at radius 3 is 2.24 bits per heavy atom. The second kappa shape index (κ2) is 7.81. The van der Waals surface area contributed by atoms with Crippen molar-refractivity contribution in [3.8, 4) is 5.75 Å². The number of amides is 1. The SMILES string of the molecule is COc1ccc(Nc2ccc(NC(=O)c3ccc(Br)cc3)nc2)cc1. The highest BCUT2D eigenvalue weighted by Gasteiger charge is 2.06. The summed E-state index contributed by atoms with van der Waals surface area (Å²) in [5.41, 5.74) is 2.33. The Morgan fingerprint density at radius 2 is 1.64 bits per heavy atom. The number of nitrogens with one attached hydrogen (secondary N) is 2. The normalized spacial score (nSPS) is 10.2. The van der Waals surface area contributed by atoms with Crippen molar-refractivity contribution in [3.05, 3.63) is 76.9 Å². The van der Waals surface area contributed by atoms with Crippen molar-refractivity contribution in [2.75, 3.05) is 17.7 Å². The fourth-order valence-electron chi connectivity index (χ4n) is 2.17. The van der Waals surface area contributed by atoms with Crippen molar-refractivity contribution < 1.29 is 9.53 Å². The van der Waals surface area contributed by atoms with E-state index in [4.69, 9.17) is 4.74 Å². The number of hydrogen-bond acceptors (Lipinski definition) is 4. The van der Waals surface area contributed by atoms with Crippen LogP contribution in [0.25, 0.3) is 0 Å². The lowest BCUT2D eigenvalue weighted by Crippen LogP contribution is -2.12. The van der Waals surface area contributed by atoms with E-state index < -0.39 is 0 Å². The molecular weight excluding hydrogens is 382 g/mol. The Labute approximate surface area is 154 Å². The molecule has 2 aromatic carbocycles. The quantitative estimate of drug-likeness (QED) is 0.645. The molecule has 1 amide bonds. The van der Waals surface area contributed by atoms with Crippen molar-refractivity contribution in [2.24, 2.45) is 0 Å². The van der Waals surface area contributed by atoms with E-state index in [0.29, 0.717) is 11.4 Å². The molecule has 0 aliphatic carbocycles. The average molecular weight is 398 g/mol. The molecule has 0 unspecified atom stereocenters. The number of carbonyl (C=O) groups is 1. The van der Waals surface area contributed by atoms with Gasteiger partial charge in [-0.1, -0.05) is 15.9 Å². The summed E-state index contributed by atoms with van der Waals surface area (Å²) in [5.74, 6) is 1.10. The van der Waals surface area contributed by atoms with Crippen molar-refractivity contribution >= 4 is 39.0 Å². The number of pyridine rings is 1. The van der Waals surface area contributed by atoms with Crippen LogP contribution in [0.4, 0.5) is 17.2 Å². The number of benzene rings is 2. The highest BCUT2D eigenvalue weighted by atomic mass is 79.9. The summed E-state index contributed by atoms with van der Waals surface area (Å²) < 4.78 is 6.06. The van der Waals surface area contributed by atoms with Gasteiger partial charge in [-0.05, 0) is 60.7 Å². The second-order valence-corrected chi connectivity index (χ2v) is 6.16. The summed E-state index contributed by atoms with van der Waals surface area (Å²) >= 11 is 3.35. The van der Waals surface area contributed by atoms with Crippen LogP contribution in [0.5, 0.6) is 5.75 Å². The molecular formula is C19H16BrN3O2. The van der Waals surface area contributed by atoms with Crippen LogP contribution in [0, 0.1) is 0 Å². The highest BCUT2D eigenvalue weighted by Crippen LogP contribution is 2.20. The van der Waals surface area contributed by atoms with Crippen LogP contribution < -0.4 is 15.4 Å². The molecule has 0 spiro atoms. The number of rotatable bonds is 5. The van der Waals surface area contributed by atoms with Gasteiger partial charge in [-0.2, -0.15) is 0 Å². The first-order valence-corrected chi connectivity index (χ1v) is 8.37. The van der Waals surface area contributed by atoms with Gasteiger partial charge in [0.15, 0.2) is 0 Å². The minimum Gasteiger partial charge on any atom is -0.497 e. The summed E-state index contributed by atoms with van der Waals surface area (Å²) in [6.07, 6.45) is 1.67. The van der Waals surface area contributed by atoms with Crippen LogP contribution in [-0.2, 0) is 0 Å². The first kappa shape index (κ1) is 17.0. The number of ether oxygens (including phenoxy) is 1. The molecule has 1 aromatic heterocycles. The molecule has 0 bridgehead atoms. The van der Waals surface area contributed by atoms with Crippen molar-refractivity contribution in [2.45, 2.75) is 0 Å². The fraction of sp³-hybridized carbons (Fsp3) is 0.0526. The molecule has 25 heavy (non-hydrogen) atoms. The molecule has 0 aliphatic heterocycles. The van der Waals surface area contributed by atoms with Gasteiger partial charge in [0.1, 0.15) is 11.6 Å². The van der Waals surface area contributed by atoms with E-state index in [-0.39, 0.29) is 5.91 Å². The van der Waals surface area contributed by atoms with Gasteiger partial charge in [0.2, 0.25) is 0 Å². The maximum absolute atomic E-state index is 12.2.